The van der Waals surface area contributed by atoms with E-state index in [4.69, 9.17) is 4.74 Å². The number of amides is 1. The summed E-state index contributed by atoms with van der Waals surface area (Å²) >= 11 is 0. The van der Waals surface area contributed by atoms with Crippen LogP contribution in [0.5, 0.6) is 5.88 Å². The van der Waals surface area contributed by atoms with Crippen molar-refractivity contribution in [3.05, 3.63) is 102 Å². The fourth-order valence-corrected chi connectivity index (χ4v) is 3.08. The van der Waals surface area contributed by atoms with Crippen LogP contribution in [0.15, 0.2) is 91.3 Å². The van der Waals surface area contributed by atoms with Gasteiger partial charge in [0, 0.05) is 0 Å². The Bertz CT molecular complexity index is 1020. The molecule has 0 spiro atoms. The fraction of sp³-hybridized carbons (Fsp3) is 0.0870. The lowest BCUT2D eigenvalue weighted by molar-refractivity contribution is -0.123. The molecule has 4 rings (SSSR count). The lowest BCUT2D eigenvalue weighted by atomic mass is 9.99. The molecule has 1 amide bonds. The highest BCUT2D eigenvalue weighted by atomic mass is 16.5. The number of rotatable bonds is 6. The Labute approximate surface area is 163 Å². The van der Waals surface area contributed by atoms with Gasteiger partial charge in [0.2, 0.25) is 5.88 Å². The van der Waals surface area contributed by atoms with Crippen LogP contribution in [-0.2, 0) is 4.79 Å². The molecule has 1 N–H and O–H groups in total. The average molecular weight is 369 g/mol. The van der Waals surface area contributed by atoms with Crippen LogP contribution in [0.2, 0.25) is 0 Å². The van der Waals surface area contributed by atoms with E-state index in [1.807, 2.05) is 84.9 Å². The normalized spacial score (nSPS) is 10.8. The quantitative estimate of drug-likeness (QED) is 0.560. The molecule has 1 aromatic heterocycles. The summed E-state index contributed by atoms with van der Waals surface area (Å²) < 4.78 is 5.69. The van der Waals surface area contributed by atoms with Crippen molar-refractivity contribution in [1.29, 1.82) is 0 Å². The van der Waals surface area contributed by atoms with E-state index in [1.54, 1.807) is 0 Å². The maximum atomic E-state index is 12.6. The van der Waals surface area contributed by atoms with E-state index in [2.05, 4.69) is 15.3 Å². The number of para-hydroxylation sites is 1. The van der Waals surface area contributed by atoms with E-state index in [-0.39, 0.29) is 18.6 Å². The molecule has 5 heteroatoms. The van der Waals surface area contributed by atoms with Gasteiger partial charge < -0.3 is 10.1 Å². The Morgan fingerprint density at radius 1 is 0.821 bits per heavy atom. The van der Waals surface area contributed by atoms with E-state index >= 15 is 0 Å². The zero-order chi connectivity index (χ0) is 19.2. The van der Waals surface area contributed by atoms with Crippen molar-refractivity contribution in [2.45, 2.75) is 6.04 Å². The predicted molar refractivity (Wildman–Crippen MR) is 108 cm³/mol. The minimum Gasteiger partial charge on any atom is -0.467 e. The van der Waals surface area contributed by atoms with Gasteiger partial charge in [0.25, 0.3) is 5.91 Å². The lowest BCUT2D eigenvalue weighted by Gasteiger charge is -2.20. The summed E-state index contributed by atoms with van der Waals surface area (Å²) in [6, 6.07) is 27.0. The second-order valence-electron chi connectivity index (χ2n) is 6.31. The second kappa shape index (κ2) is 8.31. The molecule has 0 aliphatic rings. The molecule has 3 aromatic carbocycles. The molecule has 0 atom stereocenters. The number of carbonyl (C=O) groups excluding carboxylic acids is 1. The Morgan fingerprint density at radius 2 is 1.43 bits per heavy atom. The van der Waals surface area contributed by atoms with Gasteiger partial charge in [0.1, 0.15) is 6.33 Å². The van der Waals surface area contributed by atoms with Crippen LogP contribution in [0, 0.1) is 0 Å². The Kier molecular flexibility index (Phi) is 5.24. The van der Waals surface area contributed by atoms with Crippen LogP contribution in [0.1, 0.15) is 17.2 Å². The van der Waals surface area contributed by atoms with E-state index in [1.165, 1.54) is 6.33 Å². The Morgan fingerprint density at radius 3 is 2.11 bits per heavy atom. The predicted octanol–water partition coefficient (Wildman–Crippen LogP) is 3.91. The average Bonchev–Trinajstić information content (AvgIpc) is 2.77. The van der Waals surface area contributed by atoms with Gasteiger partial charge in [0.05, 0.1) is 16.9 Å². The molecule has 0 radical (unpaired) electrons. The van der Waals surface area contributed by atoms with Crippen molar-refractivity contribution in [3.63, 3.8) is 0 Å². The summed E-state index contributed by atoms with van der Waals surface area (Å²) in [7, 11) is 0. The Balaban J connectivity index is 1.50. The van der Waals surface area contributed by atoms with Crippen molar-refractivity contribution in [1.82, 2.24) is 15.3 Å². The summed E-state index contributed by atoms with van der Waals surface area (Å²) in [4.78, 5) is 21.0. The molecule has 4 aromatic rings. The number of benzene rings is 3. The van der Waals surface area contributed by atoms with E-state index in [0.29, 0.717) is 5.88 Å². The van der Waals surface area contributed by atoms with Crippen LogP contribution >= 0.6 is 0 Å². The van der Waals surface area contributed by atoms with Gasteiger partial charge in [-0.25, -0.2) is 9.97 Å². The van der Waals surface area contributed by atoms with Gasteiger partial charge in [-0.3, -0.25) is 4.79 Å². The molecule has 0 saturated carbocycles. The van der Waals surface area contributed by atoms with E-state index in [0.717, 1.165) is 22.0 Å². The third-order valence-electron chi connectivity index (χ3n) is 4.42. The second-order valence-corrected chi connectivity index (χ2v) is 6.31. The molecular formula is C23H19N3O2. The van der Waals surface area contributed by atoms with Crippen molar-refractivity contribution in [3.8, 4) is 5.88 Å². The van der Waals surface area contributed by atoms with Gasteiger partial charge in [0.15, 0.2) is 6.61 Å². The Hall–Kier alpha value is -3.73. The molecule has 1 heterocycles. The number of hydrogen-bond acceptors (Lipinski definition) is 4. The fourth-order valence-electron chi connectivity index (χ4n) is 3.08. The van der Waals surface area contributed by atoms with Gasteiger partial charge in [-0.1, -0.05) is 72.8 Å². The number of hydrogen-bond donors (Lipinski definition) is 1. The zero-order valence-electron chi connectivity index (χ0n) is 15.2. The minimum atomic E-state index is -0.249. The maximum absolute atomic E-state index is 12.6. The summed E-state index contributed by atoms with van der Waals surface area (Å²) in [5, 5.41) is 3.84. The standard InChI is InChI=1S/C23H19N3O2/c27-21(15-28-23-19-13-7-8-14-20(19)24-16-25-23)26-22(17-9-3-1-4-10-17)18-11-5-2-6-12-18/h1-14,16,22H,15H2,(H,26,27). The topological polar surface area (TPSA) is 64.1 Å². The van der Waals surface area contributed by atoms with Gasteiger partial charge in [-0.15, -0.1) is 0 Å². The molecular weight excluding hydrogens is 350 g/mol. The SMILES string of the molecule is O=C(COc1ncnc2ccccc12)NC(c1ccccc1)c1ccccc1. The van der Waals surface area contributed by atoms with E-state index in [9.17, 15) is 4.79 Å². The molecule has 138 valence electrons. The molecule has 0 aliphatic heterocycles. The minimum absolute atomic E-state index is 0.128. The first-order valence-electron chi connectivity index (χ1n) is 9.03. The molecule has 0 fully saturated rings. The monoisotopic (exact) mass is 369 g/mol. The van der Waals surface area contributed by atoms with Crippen LogP contribution in [0.25, 0.3) is 10.9 Å². The van der Waals surface area contributed by atoms with Crippen LogP contribution in [-0.4, -0.2) is 22.5 Å². The molecule has 0 unspecified atom stereocenters. The largest absolute Gasteiger partial charge is 0.467 e. The van der Waals surface area contributed by atoms with Crippen molar-refractivity contribution >= 4 is 16.8 Å². The summed E-state index contributed by atoms with van der Waals surface area (Å²) in [5.74, 6) is 0.178. The zero-order valence-corrected chi connectivity index (χ0v) is 15.2. The summed E-state index contributed by atoms with van der Waals surface area (Å²) in [6.45, 7) is -0.128. The smallest absolute Gasteiger partial charge is 0.258 e. The van der Waals surface area contributed by atoms with E-state index < -0.39 is 0 Å². The number of nitrogens with one attached hydrogen (secondary N) is 1. The highest BCUT2D eigenvalue weighted by molar-refractivity contribution is 5.84. The van der Waals surface area contributed by atoms with Crippen molar-refractivity contribution < 1.29 is 9.53 Å². The number of ether oxygens (including phenoxy) is 1. The third-order valence-corrected chi connectivity index (χ3v) is 4.42. The maximum Gasteiger partial charge on any atom is 0.258 e. The van der Waals surface area contributed by atoms with Crippen LogP contribution < -0.4 is 10.1 Å². The number of nitrogens with zero attached hydrogens (tertiary/aromatic N) is 2. The number of carbonyl (C=O) groups is 1. The molecule has 0 saturated heterocycles. The molecule has 0 bridgehead atoms. The third kappa shape index (κ3) is 3.99. The van der Waals surface area contributed by atoms with Crippen LogP contribution in [0.4, 0.5) is 0 Å². The van der Waals surface area contributed by atoms with Gasteiger partial charge >= 0.3 is 0 Å². The summed E-state index contributed by atoms with van der Waals surface area (Å²) in [6.07, 6.45) is 1.44. The van der Waals surface area contributed by atoms with Crippen molar-refractivity contribution in [2.24, 2.45) is 0 Å². The molecule has 28 heavy (non-hydrogen) atoms. The van der Waals surface area contributed by atoms with Gasteiger partial charge in [-0.2, -0.15) is 0 Å². The lowest BCUT2D eigenvalue weighted by Crippen LogP contribution is -2.33. The molecule has 0 aliphatic carbocycles. The highest BCUT2D eigenvalue weighted by Gasteiger charge is 2.17. The highest BCUT2D eigenvalue weighted by Crippen LogP contribution is 2.22. The van der Waals surface area contributed by atoms with Gasteiger partial charge in [-0.05, 0) is 23.3 Å². The first kappa shape index (κ1) is 17.7. The first-order chi connectivity index (χ1) is 13.8. The van der Waals surface area contributed by atoms with Crippen molar-refractivity contribution in [2.75, 3.05) is 6.61 Å². The summed E-state index contributed by atoms with van der Waals surface area (Å²) in [5.41, 5.74) is 2.79. The van der Waals surface area contributed by atoms with Crippen LogP contribution in [0.3, 0.4) is 0 Å². The molecule has 5 nitrogen and oxygen atoms in total. The number of fused-ring (bicyclic) bond motifs is 1. The number of aromatic nitrogens is 2. The first-order valence-corrected chi connectivity index (χ1v) is 9.03.